The zero-order chi connectivity index (χ0) is 20.7. The molecule has 0 saturated carbocycles. The molecular formula is C19H16BrN3O5. The molecule has 0 aromatic heterocycles. The molecule has 28 heavy (non-hydrogen) atoms. The molecule has 2 aromatic rings. The topological polar surface area (TPSA) is 114 Å². The van der Waals surface area contributed by atoms with E-state index in [-0.39, 0.29) is 17.0 Å². The minimum Gasteiger partial charge on any atom is -0.494 e. The van der Waals surface area contributed by atoms with E-state index in [1.54, 1.807) is 24.3 Å². The lowest BCUT2D eigenvalue weighted by molar-refractivity contribution is -0.385. The molecular weight excluding hydrogens is 430 g/mol. The largest absolute Gasteiger partial charge is 0.494 e. The van der Waals surface area contributed by atoms with Crippen molar-refractivity contribution in [1.82, 2.24) is 0 Å². The Morgan fingerprint density at radius 3 is 2.75 bits per heavy atom. The molecule has 2 rings (SSSR count). The Balaban J connectivity index is 2.33. The highest BCUT2D eigenvalue weighted by molar-refractivity contribution is 9.10. The molecule has 0 bridgehead atoms. The normalized spacial score (nSPS) is 10.7. The number of nitrogens with one attached hydrogen (secondary N) is 1. The van der Waals surface area contributed by atoms with E-state index < -0.39 is 10.8 Å². The van der Waals surface area contributed by atoms with Crippen LogP contribution in [0.25, 0.3) is 6.08 Å². The Labute approximate surface area is 169 Å². The molecule has 0 saturated heterocycles. The van der Waals surface area contributed by atoms with Crippen LogP contribution in [0.2, 0.25) is 0 Å². The number of rotatable bonds is 7. The van der Waals surface area contributed by atoms with Crippen LogP contribution in [0.15, 0.2) is 46.4 Å². The van der Waals surface area contributed by atoms with Gasteiger partial charge in [-0.3, -0.25) is 14.9 Å². The quantitative estimate of drug-likeness (QED) is 0.293. The van der Waals surface area contributed by atoms with Crippen LogP contribution in [-0.2, 0) is 4.79 Å². The van der Waals surface area contributed by atoms with E-state index in [0.29, 0.717) is 28.1 Å². The average molecular weight is 446 g/mol. The van der Waals surface area contributed by atoms with Crippen LogP contribution < -0.4 is 14.8 Å². The molecule has 2 aromatic carbocycles. The van der Waals surface area contributed by atoms with Crippen LogP contribution >= 0.6 is 15.9 Å². The minimum atomic E-state index is -0.647. The first-order valence-electron chi connectivity index (χ1n) is 8.07. The number of anilines is 1. The number of amides is 1. The van der Waals surface area contributed by atoms with Gasteiger partial charge in [-0.15, -0.1) is 0 Å². The van der Waals surface area contributed by atoms with Gasteiger partial charge in [-0.25, -0.2) is 0 Å². The third-order valence-corrected chi connectivity index (χ3v) is 4.12. The Bertz CT molecular complexity index is 982. The van der Waals surface area contributed by atoms with Crippen LogP contribution in [0.3, 0.4) is 0 Å². The van der Waals surface area contributed by atoms with Crippen LogP contribution in [0.4, 0.5) is 11.4 Å². The van der Waals surface area contributed by atoms with Gasteiger partial charge < -0.3 is 14.8 Å². The summed E-state index contributed by atoms with van der Waals surface area (Å²) in [6.07, 6.45) is 1.26. The number of nitriles is 1. The van der Waals surface area contributed by atoms with E-state index in [2.05, 4.69) is 21.2 Å². The van der Waals surface area contributed by atoms with Gasteiger partial charge in [-0.2, -0.15) is 5.26 Å². The minimum absolute atomic E-state index is 0.0536. The first kappa shape index (κ1) is 20.9. The summed E-state index contributed by atoms with van der Waals surface area (Å²) in [6, 6.07) is 11.3. The highest BCUT2D eigenvalue weighted by Crippen LogP contribution is 2.36. The molecule has 0 unspecified atom stereocenters. The third-order valence-electron chi connectivity index (χ3n) is 3.53. The molecule has 0 aliphatic carbocycles. The number of nitrogens with zero attached hydrogens (tertiary/aromatic N) is 2. The lowest BCUT2D eigenvalue weighted by atomic mass is 10.1. The van der Waals surface area contributed by atoms with E-state index in [1.165, 1.54) is 25.3 Å². The van der Waals surface area contributed by atoms with Crippen LogP contribution in [0, 0.1) is 21.4 Å². The summed E-state index contributed by atoms with van der Waals surface area (Å²) in [5.74, 6) is -0.0129. The van der Waals surface area contributed by atoms with Crippen molar-refractivity contribution in [3.05, 3.63) is 62.1 Å². The van der Waals surface area contributed by atoms with Crippen LogP contribution in [0.1, 0.15) is 12.5 Å². The molecule has 1 N–H and O–H groups in total. The van der Waals surface area contributed by atoms with E-state index in [4.69, 9.17) is 9.47 Å². The Hall–Kier alpha value is -3.38. The Kier molecular flexibility index (Phi) is 7.12. The van der Waals surface area contributed by atoms with Crippen molar-refractivity contribution in [2.24, 2.45) is 0 Å². The number of carbonyl (C=O) groups is 1. The molecule has 0 aliphatic heterocycles. The zero-order valence-corrected chi connectivity index (χ0v) is 16.6. The van der Waals surface area contributed by atoms with E-state index in [1.807, 2.05) is 13.0 Å². The summed E-state index contributed by atoms with van der Waals surface area (Å²) in [5.41, 5.74) is 0.256. The average Bonchev–Trinajstić information content (AvgIpc) is 2.66. The number of methoxy groups -OCH3 is 1. The third kappa shape index (κ3) is 5.08. The van der Waals surface area contributed by atoms with E-state index in [0.717, 1.165) is 0 Å². The summed E-state index contributed by atoms with van der Waals surface area (Å²) in [4.78, 5) is 23.1. The van der Waals surface area contributed by atoms with Crippen molar-refractivity contribution >= 4 is 39.3 Å². The predicted molar refractivity (Wildman–Crippen MR) is 107 cm³/mol. The van der Waals surface area contributed by atoms with Crippen molar-refractivity contribution in [1.29, 1.82) is 5.26 Å². The maximum absolute atomic E-state index is 12.4. The molecule has 9 heteroatoms. The fourth-order valence-corrected chi connectivity index (χ4v) is 2.99. The van der Waals surface area contributed by atoms with Crippen molar-refractivity contribution in [3.63, 3.8) is 0 Å². The maximum Gasteiger partial charge on any atom is 0.312 e. The molecule has 144 valence electrons. The Morgan fingerprint density at radius 1 is 1.39 bits per heavy atom. The fraction of sp³-hybridized carbons (Fsp3) is 0.158. The number of nitro benzene ring substituents is 1. The number of hydrogen-bond acceptors (Lipinski definition) is 6. The second-order valence-electron chi connectivity index (χ2n) is 5.40. The standard InChI is InChI=1S/C19H16BrN3O5/c1-3-28-15-6-4-5-14(10-15)22-19(24)13(11-21)7-12-8-16(20)18(27-2)17(9-12)23(25)26/h4-10H,3H2,1-2H3,(H,22,24)/b13-7+. The second kappa shape index (κ2) is 9.53. The maximum atomic E-state index is 12.4. The molecule has 0 heterocycles. The van der Waals surface area contributed by atoms with Gasteiger partial charge in [0.25, 0.3) is 5.91 Å². The second-order valence-corrected chi connectivity index (χ2v) is 6.25. The van der Waals surface area contributed by atoms with Gasteiger partial charge in [0.05, 0.1) is 23.1 Å². The van der Waals surface area contributed by atoms with Crippen molar-refractivity contribution in [3.8, 4) is 17.6 Å². The summed E-state index contributed by atoms with van der Waals surface area (Å²) < 4.78 is 10.7. The smallest absolute Gasteiger partial charge is 0.312 e. The number of benzene rings is 2. The lowest BCUT2D eigenvalue weighted by Gasteiger charge is -2.08. The highest BCUT2D eigenvalue weighted by atomic mass is 79.9. The van der Waals surface area contributed by atoms with Crippen LogP contribution in [-0.4, -0.2) is 24.5 Å². The molecule has 8 nitrogen and oxygen atoms in total. The van der Waals surface area contributed by atoms with Gasteiger partial charge in [-0.1, -0.05) is 6.07 Å². The van der Waals surface area contributed by atoms with Crippen molar-refractivity contribution in [2.75, 3.05) is 19.0 Å². The number of ether oxygens (including phenoxy) is 2. The van der Waals surface area contributed by atoms with E-state index >= 15 is 0 Å². The summed E-state index contributed by atoms with van der Waals surface area (Å²) >= 11 is 3.20. The number of halogens is 1. The predicted octanol–water partition coefficient (Wildman–Crippen LogP) is 4.31. The summed E-state index contributed by atoms with van der Waals surface area (Å²) in [5, 5.41) is 23.2. The van der Waals surface area contributed by atoms with Gasteiger partial charge in [-0.05, 0) is 52.7 Å². The molecule has 0 fully saturated rings. The van der Waals surface area contributed by atoms with Gasteiger partial charge in [0.1, 0.15) is 17.4 Å². The molecule has 1 amide bonds. The van der Waals surface area contributed by atoms with E-state index in [9.17, 15) is 20.2 Å². The SMILES string of the molecule is CCOc1cccc(NC(=O)/C(C#N)=C/c2cc(Br)c(OC)c([N+](=O)[O-])c2)c1. The molecule has 0 spiro atoms. The van der Waals surface area contributed by atoms with Crippen LogP contribution in [0.5, 0.6) is 11.5 Å². The first-order chi connectivity index (χ1) is 13.4. The summed E-state index contributed by atoms with van der Waals surface area (Å²) in [7, 11) is 1.31. The monoisotopic (exact) mass is 445 g/mol. The number of carbonyl (C=O) groups excluding carboxylic acids is 1. The van der Waals surface area contributed by atoms with Gasteiger partial charge in [0.2, 0.25) is 5.75 Å². The number of nitro groups is 1. The first-order valence-corrected chi connectivity index (χ1v) is 8.86. The highest BCUT2D eigenvalue weighted by Gasteiger charge is 2.20. The Morgan fingerprint density at radius 2 is 2.14 bits per heavy atom. The van der Waals surface area contributed by atoms with Gasteiger partial charge in [0, 0.05) is 17.8 Å². The zero-order valence-electron chi connectivity index (χ0n) is 15.1. The van der Waals surface area contributed by atoms with Crippen molar-refractivity contribution < 1.29 is 19.2 Å². The van der Waals surface area contributed by atoms with Gasteiger partial charge >= 0.3 is 5.69 Å². The molecule has 0 atom stereocenters. The van der Waals surface area contributed by atoms with Gasteiger partial charge in [0.15, 0.2) is 0 Å². The summed E-state index contributed by atoms with van der Waals surface area (Å²) in [6.45, 7) is 2.32. The fourth-order valence-electron chi connectivity index (χ4n) is 2.36. The molecule has 0 aliphatic rings. The van der Waals surface area contributed by atoms with Crippen molar-refractivity contribution in [2.45, 2.75) is 6.92 Å². The lowest BCUT2D eigenvalue weighted by Crippen LogP contribution is -2.13. The number of hydrogen-bond donors (Lipinski definition) is 1. The molecule has 0 radical (unpaired) electrons.